The van der Waals surface area contributed by atoms with Crippen molar-refractivity contribution in [1.29, 1.82) is 0 Å². The highest BCUT2D eigenvalue weighted by Crippen LogP contribution is 2.49. The Labute approximate surface area is 135 Å². The molecular formula is C14H16ClF5N2O. The molecule has 0 unspecified atom stereocenters. The molecule has 0 radical (unpaired) electrons. The van der Waals surface area contributed by atoms with Gasteiger partial charge < -0.3 is 11.1 Å². The van der Waals surface area contributed by atoms with Crippen molar-refractivity contribution in [2.24, 2.45) is 5.73 Å². The molecule has 1 aliphatic carbocycles. The standard InChI is InChI=1S/C14H15F5N2O.ClH/c15-13(16,7-20)8-21-11(22)12(4-5-12)9-2-1-3-10(6-9)14(17,18)19;/h1-3,6H,4-5,7-8,20H2,(H,21,22);1H. The van der Waals surface area contributed by atoms with Gasteiger partial charge in [-0.15, -0.1) is 12.4 Å². The van der Waals surface area contributed by atoms with Gasteiger partial charge in [0.05, 0.1) is 24.1 Å². The maximum absolute atomic E-state index is 13.1. The molecule has 0 bridgehead atoms. The number of benzene rings is 1. The van der Waals surface area contributed by atoms with E-state index in [4.69, 9.17) is 5.73 Å². The molecule has 2 rings (SSSR count). The van der Waals surface area contributed by atoms with E-state index in [1.165, 1.54) is 12.1 Å². The van der Waals surface area contributed by atoms with Crippen LogP contribution >= 0.6 is 12.4 Å². The van der Waals surface area contributed by atoms with Crippen LogP contribution in [0.3, 0.4) is 0 Å². The average Bonchev–Trinajstić information content (AvgIpc) is 3.26. The monoisotopic (exact) mass is 358 g/mol. The largest absolute Gasteiger partial charge is 0.416 e. The minimum absolute atomic E-state index is 0. The Kier molecular flexibility index (Phi) is 5.64. The molecule has 3 nitrogen and oxygen atoms in total. The smallest absolute Gasteiger partial charge is 0.349 e. The topological polar surface area (TPSA) is 55.1 Å². The maximum atomic E-state index is 13.1. The Morgan fingerprint density at radius 1 is 1.22 bits per heavy atom. The molecule has 0 aromatic heterocycles. The third-order valence-electron chi connectivity index (χ3n) is 3.73. The van der Waals surface area contributed by atoms with E-state index in [2.05, 4.69) is 5.32 Å². The molecule has 0 spiro atoms. The number of carbonyl (C=O) groups excluding carboxylic acids is 1. The van der Waals surface area contributed by atoms with Gasteiger partial charge in [-0.05, 0) is 24.5 Å². The van der Waals surface area contributed by atoms with Crippen LogP contribution in [0.4, 0.5) is 22.0 Å². The maximum Gasteiger partial charge on any atom is 0.416 e. The van der Waals surface area contributed by atoms with Crippen molar-refractivity contribution in [1.82, 2.24) is 5.32 Å². The summed E-state index contributed by atoms with van der Waals surface area (Å²) < 4.78 is 64.3. The zero-order valence-corrected chi connectivity index (χ0v) is 12.7. The molecule has 23 heavy (non-hydrogen) atoms. The van der Waals surface area contributed by atoms with Gasteiger partial charge in [0.2, 0.25) is 5.91 Å². The van der Waals surface area contributed by atoms with Gasteiger partial charge >= 0.3 is 6.18 Å². The fourth-order valence-corrected chi connectivity index (χ4v) is 2.22. The number of alkyl halides is 5. The summed E-state index contributed by atoms with van der Waals surface area (Å²) >= 11 is 0. The van der Waals surface area contributed by atoms with E-state index in [-0.39, 0.29) is 18.0 Å². The van der Waals surface area contributed by atoms with Gasteiger partial charge in [0.15, 0.2) is 0 Å². The molecule has 0 heterocycles. The van der Waals surface area contributed by atoms with Crippen LogP contribution in [-0.2, 0) is 16.4 Å². The SMILES string of the molecule is Cl.NCC(F)(F)CNC(=O)C1(c2cccc(C(F)(F)F)c2)CC1. The molecule has 9 heteroatoms. The Bertz CT molecular complexity index is 573. The minimum Gasteiger partial charge on any atom is -0.349 e. The average molecular weight is 359 g/mol. The number of hydrogen-bond donors (Lipinski definition) is 2. The first-order valence-electron chi connectivity index (χ1n) is 6.65. The van der Waals surface area contributed by atoms with Gasteiger partial charge in [-0.1, -0.05) is 18.2 Å². The lowest BCUT2D eigenvalue weighted by molar-refractivity contribution is -0.137. The van der Waals surface area contributed by atoms with E-state index in [0.29, 0.717) is 12.8 Å². The van der Waals surface area contributed by atoms with Gasteiger partial charge in [-0.2, -0.15) is 13.2 Å². The van der Waals surface area contributed by atoms with Crippen molar-refractivity contribution < 1.29 is 26.7 Å². The Morgan fingerprint density at radius 2 is 1.83 bits per heavy atom. The second-order valence-corrected chi connectivity index (χ2v) is 5.40. The first kappa shape index (κ1) is 19.6. The summed E-state index contributed by atoms with van der Waals surface area (Å²) in [6.45, 7) is -1.84. The highest BCUT2D eigenvalue weighted by Gasteiger charge is 2.52. The number of hydrogen-bond acceptors (Lipinski definition) is 2. The number of nitrogens with one attached hydrogen (secondary N) is 1. The lowest BCUT2D eigenvalue weighted by atomic mass is 9.93. The summed E-state index contributed by atoms with van der Waals surface area (Å²) in [7, 11) is 0. The van der Waals surface area contributed by atoms with Gasteiger partial charge in [0, 0.05) is 0 Å². The number of carbonyl (C=O) groups is 1. The summed E-state index contributed by atoms with van der Waals surface area (Å²) in [5.41, 5.74) is 3.05. The van der Waals surface area contributed by atoms with Crippen molar-refractivity contribution in [2.45, 2.75) is 30.4 Å². The van der Waals surface area contributed by atoms with Crippen molar-refractivity contribution in [3.8, 4) is 0 Å². The third kappa shape index (κ3) is 4.32. The minimum atomic E-state index is -4.52. The fourth-order valence-electron chi connectivity index (χ4n) is 2.22. The predicted molar refractivity (Wildman–Crippen MR) is 76.6 cm³/mol. The quantitative estimate of drug-likeness (QED) is 0.795. The summed E-state index contributed by atoms with van der Waals surface area (Å²) in [6.07, 6.45) is -3.86. The molecule has 1 saturated carbocycles. The first-order valence-corrected chi connectivity index (χ1v) is 6.65. The van der Waals surface area contributed by atoms with E-state index < -0.39 is 42.1 Å². The first-order chi connectivity index (χ1) is 10.1. The van der Waals surface area contributed by atoms with Crippen LogP contribution in [0.2, 0.25) is 0 Å². The Balaban J connectivity index is 0.00000264. The zero-order valence-electron chi connectivity index (χ0n) is 11.9. The van der Waals surface area contributed by atoms with Crippen LogP contribution in [0.15, 0.2) is 24.3 Å². The molecule has 1 aromatic carbocycles. The van der Waals surface area contributed by atoms with Crippen LogP contribution in [-0.4, -0.2) is 24.9 Å². The van der Waals surface area contributed by atoms with Gasteiger partial charge in [0.25, 0.3) is 5.92 Å². The van der Waals surface area contributed by atoms with Crippen molar-refractivity contribution in [3.05, 3.63) is 35.4 Å². The molecule has 1 aromatic rings. The van der Waals surface area contributed by atoms with E-state index in [9.17, 15) is 26.7 Å². The number of amides is 1. The van der Waals surface area contributed by atoms with Gasteiger partial charge in [-0.25, -0.2) is 8.78 Å². The summed E-state index contributed by atoms with van der Waals surface area (Å²) in [5, 5.41) is 2.08. The molecule has 1 amide bonds. The molecule has 0 saturated heterocycles. The van der Waals surface area contributed by atoms with Crippen molar-refractivity contribution >= 4 is 18.3 Å². The lowest BCUT2D eigenvalue weighted by Gasteiger charge is -2.20. The molecule has 3 N–H and O–H groups in total. The third-order valence-corrected chi connectivity index (χ3v) is 3.73. The molecule has 0 aliphatic heterocycles. The number of rotatable bonds is 5. The highest BCUT2D eigenvalue weighted by molar-refractivity contribution is 5.91. The summed E-state index contributed by atoms with van der Waals surface area (Å²) in [4.78, 5) is 12.1. The Morgan fingerprint density at radius 3 is 2.30 bits per heavy atom. The van der Waals surface area contributed by atoms with Gasteiger partial charge in [0.1, 0.15) is 0 Å². The van der Waals surface area contributed by atoms with E-state index >= 15 is 0 Å². The molecular weight excluding hydrogens is 343 g/mol. The van der Waals surface area contributed by atoms with Crippen molar-refractivity contribution in [2.75, 3.05) is 13.1 Å². The number of nitrogens with two attached hydrogens (primary N) is 1. The van der Waals surface area contributed by atoms with Crippen LogP contribution in [0, 0.1) is 0 Å². The van der Waals surface area contributed by atoms with E-state index in [1.54, 1.807) is 0 Å². The zero-order chi connectivity index (χ0) is 16.6. The normalized spacial score (nSPS) is 16.4. The Hall–Kier alpha value is -1.41. The molecule has 0 atom stereocenters. The van der Waals surface area contributed by atoms with E-state index in [0.717, 1.165) is 12.1 Å². The fraction of sp³-hybridized carbons (Fsp3) is 0.500. The summed E-state index contributed by atoms with van der Waals surface area (Å²) in [6, 6.07) is 4.41. The summed E-state index contributed by atoms with van der Waals surface area (Å²) in [5.74, 6) is -3.93. The predicted octanol–water partition coefficient (Wildman–Crippen LogP) is 2.87. The lowest BCUT2D eigenvalue weighted by Crippen LogP contribution is -2.45. The molecule has 130 valence electrons. The second kappa shape index (κ2) is 6.60. The molecule has 1 aliphatic rings. The number of halogens is 6. The van der Waals surface area contributed by atoms with Crippen LogP contribution < -0.4 is 11.1 Å². The van der Waals surface area contributed by atoms with Crippen LogP contribution in [0.25, 0.3) is 0 Å². The van der Waals surface area contributed by atoms with Crippen LogP contribution in [0.5, 0.6) is 0 Å². The van der Waals surface area contributed by atoms with Gasteiger partial charge in [-0.3, -0.25) is 4.79 Å². The highest BCUT2D eigenvalue weighted by atomic mass is 35.5. The van der Waals surface area contributed by atoms with E-state index in [1.807, 2.05) is 0 Å². The second-order valence-electron chi connectivity index (χ2n) is 5.40. The van der Waals surface area contributed by atoms with Crippen LogP contribution in [0.1, 0.15) is 24.0 Å². The molecule has 1 fully saturated rings. The van der Waals surface area contributed by atoms with Crippen molar-refractivity contribution in [3.63, 3.8) is 0 Å².